The molecule has 1 aromatic carbocycles. The number of pyridine rings is 1. The molecule has 1 heterocycles. The van der Waals surface area contributed by atoms with E-state index in [1.807, 2.05) is 25.1 Å². The zero-order chi connectivity index (χ0) is 13.0. The molecular formula is C13H14BNO3. The highest BCUT2D eigenvalue weighted by Gasteiger charge is 2.11. The fraction of sp³-hybridized carbons (Fsp3) is 0.154. The lowest BCUT2D eigenvalue weighted by Crippen LogP contribution is -2.29. The van der Waals surface area contributed by atoms with Gasteiger partial charge in [-0.3, -0.25) is 4.98 Å². The van der Waals surface area contributed by atoms with E-state index in [2.05, 4.69) is 4.98 Å². The largest absolute Gasteiger partial charge is 0.488 e. The van der Waals surface area contributed by atoms with Gasteiger partial charge in [-0.25, -0.2) is 0 Å². The van der Waals surface area contributed by atoms with Gasteiger partial charge in [0.15, 0.2) is 0 Å². The Morgan fingerprint density at radius 3 is 2.67 bits per heavy atom. The van der Waals surface area contributed by atoms with Gasteiger partial charge in [-0.15, -0.1) is 0 Å². The summed E-state index contributed by atoms with van der Waals surface area (Å²) in [6.45, 7) is 2.28. The number of aryl methyl sites for hydroxylation is 1. The quantitative estimate of drug-likeness (QED) is 0.774. The van der Waals surface area contributed by atoms with Gasteiger partial charge in [0.05, 0.1) is 5.69 Å². The Bertz CT molecular complexity index is 531. The molecule has 5 heteroatoms. The Morgan fingerprint density at radius 2 is 1.94 bits per heavy atom. The first-order chi connectivity index (χ1) is 8.65. The van der Waals surface area contributed by atoms with Crippen molar-refractivity contribution in [1.82, 2.24) is 4.98 Å². The normalized spacial score (nSPS) is 10.2. The van der Waals surface area contributed by atoms with E-state index >= 15 is 0 Å². The van der Waals surface area contributed by atoms with Crippen LogP contribution in [-0.4, -0.2) is 22.2 Å². The van der Waals surface area contributed by atoms with E-state index in [4.69, 9.17) is 14.8 Å². The van der Waals surface area contributed by atoms with Gasteiger partial charge < -0.3 is 14.8 Å². The summed E-state index contributed by atoms with van der Waals surface area (Å²) in [6, 6.07) is 12.4. The topological polar surface area (TPSA) is 62.6 Å². The Balaban J connectivity index is 2.04. The standard InChI is InChI=1S/C13H14BNO3/c1-10-4-2-6-12(15-10)9-18-13-7-3-5-11(8-13)14(16)17/h2-8,16-17H,9H2,1H3. The van der Waals surface area contributed by atoms with Crippen LogP contribution in [0.15, 0.2) is 42.5 Å². The summed E-state index contributed by atoms with van der Waals surface area (Å²) in [5.74, 6) is 0.587. The summed E-state index contributed by atoms with van der Waals surface area (Å²) in [7, 11) is -1.48. The minimum absolute atomic E-state index is 0.354. The maximum Gasteiger partial charge on any atom is 0.488 e. The van der Waals surface area contributed by atoms with Crippen molar-refractivity contribution in [3.8, 4) is 5.75 Å². The third-order valence-corrected chi connectivity index (χ3v) is 2.49. The lowest BCUT2D eigenvalue weighted by molar-refractivity contribution is 0.301. The SMILES string of the molecule is Cc1cccc(COc2cccc(B(O)O)c2)n1. The minimum atomic E-state index is -1.48. The number of hydrogen-bond donors (Lipinski definition) is 2. The first-order valence-electron chi connectivity index (χ1n) is 5.66. The second-order valence-corrected chi connectivity index (χ2v) is 4.01. The number of aromatic nitrogens is 1. The van der Waals surface area contributed by atoms with Crippen LogP contribution in [0.2, 0.25) is 0 Å². The summed E-state index contributed by atoms with van der Waals surface area (Å²) >= 11 is 0. The molecule has 0 fully saturated rings. The molecule has 4 nitrogen and oxygen atoms in total. The van der Waals surface area contributed by atoms with Crippen LogP contribution in [0.4, 0.5) is 0 Å². The third-order valence-electron chi connectivity index (χ3n) is 2.49. The van der Waals surface area contributed by atoms with E-state index in [1.54, 1.807) is 24.3 Å². The van der Waals surface area contributed by atoms with Crippen molar-refractivity contribution >= 4 is 12.6 Å². The number of ether oxygens (including phenoxy) is 1. The highest BCUT2D eigenvalue weighted by atomic mass is 16.5. The molecule has 1 aromatic heterocycles. The molecule has 0 bridgehead atoms. The molecule has 2 rings (SSSR count). The van der Waals surface area contributed by atoms with Crippen LogP contribution in [0, 0.1) is 6.92 Å². The second-order valence-electron chi connectivity index (χ2n) is 4.01. The lowest BCUT2D eigenvalue weighted by Gasteiger charge is -2.07. The van der Waals surface area contributed by atoms with Gasteiger partial charge in [0.25, 0.3) is 0 Å². The summed E-state index contributed by atoms with van der Waals surface area (Å²) in [5, 5.41) is 18.1. The average Bonchev–Trinajstić information content (AvgIpc) is 2.37. The molecule has 0 aliphatic rings. The minimum Gasteiger partial charge on any atom is -0.487 e. The maximum absolute atomic E-state index is 9.06. The molecular weight excluding hydrogens is 229 g/mol. The fourth-order valence-corrected chi connectivity index (χ4v) is 1.60. The molecule has 0 atom stereocenters. The second kappa shape index (κ2) is 5.66. The first kappa shape index (κ1) is 12.6. The van der Waals surface area contributed by atoms with E-state index in [1.165, 1.54) is 0 Å². The Labute approximate surface area is 106 Å². The zero-order valence-corrected chi connectivity index (χ0v) is 10.1. The van der Waals surface area contributed by atoms with E-state index in [9.17, 15) is 0 Å². The molecule has 0 radical (unpaired) electrons. The smallest absolute Gasteiger partial charge is 0.487 e. The molecule has 0 aliphatic carbocycles. The van der Waals surface area contributed by atoms with Gasteiger partial charge >= 0.3 is 7.12 Å². The highest BCUT2D eigenvalue weighted by Crippen LogP contribution is 2.10. The lowest BCUT2D eigenvalue weighted by atomic mass is 9.80. The van der Waals surface area contributed by atoms with Gasteiger partial charge in [-0.2, -0.15) is 0 Å². The van der Waals surface area contributed by atoms with Crippen molar-refractivity contribution in [2.24, 2.45) is 0 Å². The van der Waals surface area contributed by atoms with Gasteiger partial charge in [0.2, 0.25) is 0 Å². The average molecular weight is 243 g/mol. The van der Waals surface area contributed by atoms with Crippen molar-refractivity contribution in [1.29, 1.82) is 0 Å². The Hall–Kier alpha value is -1.85. The van der Waals surface area contributed by atoms with E-state index < -0.39 is 7.12 Å². The van der Waals surface area contributed by atoms with Gasteiger partial charge in [-0.05, 0) is 36.7 Å². The van der Waals surface area contributed by atoms with Crippen molar-refractivity contribution < 1.29 is 14.8 Å². The van der Waals surface area contributed by atoms with E-state index in [0.717, 1.165) is 11.4 Å². The van der Waals surface area contributed by atoms with Crippen LogP contribution in [0.3, 0.4) is 0 Å². The van der Waals surface area contributed by atoms with Crippen LogP contribution >= 0.6 is 0 Å². The summed E-state index contributed by atoms with van der Waals surface area (Å²) in [4.78, 5) is 4.32. The summed E-state index contributed by atoms with van der Waals surface area (Å²) in [5.41, 5.74) is 2.19. The van der Waals surface area contributed by atoms with E-state index in [0.29, 0.717) is 17.8 Å². The highest BCUT2D eigenvalue weighted by molar-refractivity contribution is 6.58. The molecule has 18 heavy (non-hydrogen) atoms. The molecule has 2 N–H and O–H groups in total. The van der Waals surface area contributed by atoms with Crippen molar-refractivity contribution in [2.45, 2.75) is 13.5 Å². The summed E-state index contributed by atoms with van der Waals surface area (Å²) < 4.78 is 5.55. The molecule has 0 saturated heterocycles. The van der Waals surface area contributed by atoms with Gasteiger partial charge in [0, 0.05) is 5.69 Å². The number of nitrogens with zero attached hydrogens (tertiary/aromatic N) is 1. The van der Waals surface area contributed by atoms with Crippen LogP contribution in [0.25, 0.3) is 0 Å². The van der Waals surface area contributed by atoms with Crippen LogP contribution < -0.4 is 10.2 Å². The van der Waals surface area contributed by atoms with Crippen molar-refractivity contribution in [3.63, 3.8) is 0 Å². The van der Waals surface area contributed by atoms with Crippen molar-refractivity contribution in [3.05, 3.63) is 53.9 Å². The Kier molecular flexibility index (Phi) is 3.97. The van der Waals surface area contributed by atoms with Gasteiger partial charge in [0.1, 0.15) is 12.4 Å². The number of rotatable bonds is 4. The Morgan fingerprint density at radius 1 is 1.17 bits per heavy atom. The van der Waals surface area contributed by atoms with Crippen LogP contribution in [0.1, 0.15) is 11.4 Å². The number of benzene rings is 1. The molecule has 0 spiro atoms. The monoisotopic (exact) mass is 243 g/mol. The van der Waals surface area contributed by atoms with Crippen LogP contribution in [-0.2, 0) is 6.61 Å². The predicted octanol–water partition coefficient (Wildman–Crippen LogP) is 0.649. The molecule has 0 aliphatic heterocycles. The van der Waals surface area contributed by atoms with Gasteiger partial charge in [-0.1, -0.05) is 18.2 Å². The number of hydrogen-bond acceptors (Lipinski definition) is 4. The first-order valence-corrected chi connectivity index (χ1v) is 5.66. The summed E-state index contributed by atoms with van der Waals surface area (Å²) in [6.07, 6.45) is 0. The molecule has 0 saturated carbocycles. The molecule has 0 unspecified atom stereocenters. The third kappa shape index (κ3) is 3.32. The van der Waals surface area contributed by atoms with Crippen molar-refractivity contribution in [2.75, 3.05) is 0 Å². The maximum atomic E-state index is 9.06. The fourth-order valence-electron chi connectivity index (χ4n) is 1.60. The zero-order valence-electron chi connectivity index (χ0n) is 10.1. The predicted molar refractivity (Wildman–Crippen MR) is 69.6 cm³/mol. The van der Waals surface area contributed by atoms with E-state index in [-0.39, 0.29) is 0 Å². The van der Waals surface area contributed by atoms with Crippen LogP contribution in [0.5, 0.6) is 5.75 Å². The molecule has 0 amide bonds. The molecule has 2 aromatic rings. The molecule has 92 valence electrons.